The minimum Gasteiger partial charge on any atom is -0.494 e. The zero-order valence-electron chi connectivity index (χ0n) is 15.8. The second kappa shape index (κ2) is 10.9. The molecular formula is C21H26N2O4. The van der Waals surface area contributed by atoms with Gasteiger partial charge in [-0.2, -0.15) is 0 Å². The van der Waals surface area contributed by atoms with E-state index in [0.717, 1.165) is 29.9 Å². The fourth-order valence-corrected chi connectivity index (χ4v) is 2.29. The lowest BCUT2D eigenvalue weighted by Gasteiger charge is -2.09. The molecule has 2 rings (SSSR count). The first-order valence-corrected chi connectivity index (χ1v) is 9.16. The zero-order valence-corrected chi connectivity index (χ0v) is 15.8. The van der Waals surface area contributed by atoms with Crippen LogP contribution in [-0.2, 0) is 16.1 Å². The summed E-state index contributed by atoms with van der Waals surface area (Å²) in [4.78, 5) is 24.0. The quantitative estimate of drug-likeness (QED) is 0.523. The van der Waals surface area contributed by atoms with Crippen LogP contribution in [0.25, 0.3) is 0 Å². The van der Waals surface area contributed by atoms with Crippen LogP contribution in [0.4, 0.5) is 5.69 Å². The summed E-state index contributed by atoms with van der Waals surface area (Å²) in [5, 5.41) is 5.17. The van der Waals surface area contributed by atoms with Crippen molar-refractivity contribution in [2.75, 3.05) is 18.5 Å². The second-order valence-electron chi connectivity index (χ2n) is 5.94. The first kappa shape index (κ1) is 20.3. The van der Waals surface area contributed by atoms with Gasteiger partial charge in [0.25, 0.3) is 0 Å². The van der Waals surface area contributed by atoms with Gasteiger partial charge in [0.2, 0.25) is 0 Å². The van der Waals surface area contributed by atoms with Crippen molar-refractivity contribution in [3.05, 3.63) is 54.1 Å². The maximum Gasteiger partial charge on any atom is 0.313 e. The largest absolute Gasteiger partial charge is 0.494 e. The van der Waals surface area contributed by atoms with Crippen molar-refractivity contribution in [3.8, 4) is 11.5 Å². The summed E-state index contributed by atoms with van der Waals surface area (Å²) in [6.07, 6.45) is 2.06. The van der Waals surface area contributed by atoms with Crippen LogP contribution >= 0.6 is 0 Å². The number of ether oxygens (including phenoxy) is 2. The van der Waals surface area contributed by atoms with Crippen LogP contribution in [-0.4, -0.2) is 25.0 Å². The van der Waals surface area contributed by atoms with Gasteiger partial charge in [-0.05, 0) is 55.3 Å². The fraction of sp³-hybridized carbons (Fsp3) is 0.333. The van der Waals surface area contributed by atoms with Crippen LogP contribution in [0.1, 0.15) is 32.3 Å². The Morgan fingerprint density at radius 3 is 2.11 bits per heavy atom. The monoisotopic (exact) mass is 370 g/mol. The summed E-state index contributed by atoms with van der Waals surface area (Å²) < 4.78 is 10.9. The minimum absolute atomic E-state index is 0.267. The molecule has 2 N–H and O–H groups in total. The number of unbranched alkanes of at least 4 members (excludes halogenated alkanes) is 1. The summed E-state index contributed by atoms with van der Waals surface area (Å²) in [5.74, 6) is 0.113. The highest BCUT2D eigenvalue weighted by Gasteiger charge is 2.13. The van der Waals surface area contributed by atoms with Gasteiger partial charge in [0.1, 0.15) is 11.5 Å². The molecule has 2 aromatic rings. The van der Waals surface area contributed by atoms with Crippen LogP contribution in [0.3, 0.4) is 0 Å². The average molecular weight is 370 g/mol. The Balaban J connectivity index is 1.78. The van der Waals surface area contributed by atoms with Gasteiger partial charge in [-0.25, -0.2) is 0 Å². The van der Waals surface area contributed by atoms with Crippen LogP contribution in [0, 0.1) is 0 Å². The molecule has 0 heterocycles. The van der Waals surface area contributed by atoms with E-state index in [0.29, 0.717) is 18.9 Å². The molecule has 6 nitrogen and oxygen atoms in total. The van der Waals surface area contributed by atoms with Crippen LogP contribution in [0.2, 0.25) is 0 Å². The maximum atomic E-state index is 12.0. The Hall–Kier alpha value is -3.02. The fourth-order valence-electron chi connectivity index (χ4n) is 2.29. The smallest absolute Gasteiger partial charge is 0.313 e. The van der Waals surface area contributed by atoms with Gasteiger partial charge < -0.3 is 20.1 Å². The molecule has 144 valence electrons. The third kappa shape index (κ3) is 7.01. The number of anilines is 1. The highest BCUT2D eigenvalue weighted by atomic mass is 16.5. The average Bonchev–Trinajstić information content (AvgIpc) is 2.69. The van der Waals surface area contributed by atoms with E-state index in [-0.39, 0.29) is 6.54 Å². The molecule has 0 aromatic heterocycles. The van der Waals surface area contributed by atoms with Gasteiger partial charge in [0.05, 0.1) is 13.2 Å². The van der Waals surface area contributed by atoms with Crippen LogP contribution in [0.5, 0.6) is 11.5 Å². The molecular weight excluding hydrogens is 344 g/mol. The highest BCUT2D eigenvalue weighted by molar-refractivity contribution is 6.39. The Morgan fingerprint density at radius 2 is 1.48 bits per heavy atom. The van der Waals surface area contributed by atoms with Crippen LogP contribution in [0.15, 0.2) is 48.5 Å². The minimum atomic E-state index is -0.708. The number of carbonyl (C=O) groups excluding carboxylic acids is 2. The number of rotatable bonds is 9. The summed E-state index contributed by atoms with van der Waals surface area (Å²) in [7, 11) is 0. The third-order valence-electron chi connectivity index (χ3n) is 3.77. The lowest BCUT2D eigenvalue weighted by molar-refractivity contribution is -0.136. The molecule has 0 aliphatic heterocycles. The van der Waals surface area contributed by atoms with Crippen molar-refractivity contribution in [2.24, 2.45) is 0 Å². The first-order valence-electron chi connectivity index (χ1n) is 9.16. The normalized spacial score (nSPS) is 10.1. The SMILES string of the molecule is CCCCOc1ccc(NC(=O)C(=O)NCc2ccc(OCC)cc2)cc1. The molecule has 0 atom stereocenters. The predicted octanol–water partition coefficient (Wildman–Crippen LogP) is 3.52. The molecule has 0 aliphatic carbocycles. The van der Waals surface area contributed by atoms with E-state index in [1.165, 1.54) is 0 Å². The van der Waals surface area contributed by atoms with E-state index in [1.54, 1.807) is 24.3 Å². The number of benzene rings is 2. The summed E-state index contributed by atoms with van der Waals surface area (Å²) in [5.41, 5.74) is 1.42. The molecule has 0 fully saturated rings. The standard InChI is InChI=1S/C21H26N2O4/c1-3-5-14-27-19-12-8-17(9-13-19)23-21(25)20(24)22-15-16-6-10-18(11-7-16)26-4-2/h6-13H,3-5,14-15H2,1-2H3,(H,22,24)(H,23,25). The van der Waals surface area contributed by atoms with E-state index in [2.05, 4.69) is 17.6 Å². The van der Waals surface area contributed by atoms with Crippen molar-refractivity contribution >= 4 is 17.5 Å². The first-order chi connectivity index (χ1) is 13.1. The van der Waals surface area contributed by atoms with E-state index in [4.69, 9.17) is 9.47 Å². The molecule has 0 bridgehead atoms. The predicted molar refractivity (Wildman–Crippen MR) is 105 cm³/mol. The number of carbonyl (C=O) groups is 2. The molecule has 2 amide bonds. The van der Waals surface area contributed by atoms with Crippen molar-refractivity contribution in [1.82, 2.24) is 5.32 Å². The molecule has 0 saturated carbocycles. The topological polar surface area (TPSA) is 76.7 Å². The number of nitrogens with one attached hydrogen (secondary N) is 2. The summed E-state index contributed by atoms with van der Waals surface area (Å²) >= 11 is 0. The molecule has 0 spiro atoms. The zero-order chi connectivity index (χ0) is 19.5. The Bertz CT molecular complexity index is 727. The molecule has 0 aliphatic rings. The molecule has 0 unspecified atom stereocenters. The summed E-state index contributed by atoms with van der Waals surface area (Å²) in [6, 6.07) is 14.3. The van der Waals surface area contributed by atoms with Gasteiger partial charge in [-0.3, -0.25) is 9.59 Å². The second-order valence-corrected chi connectivity index (χ2v) is 5.94. The van der Waals surface area contributed by atoms with Crippen molar-refractivity contribution < 1.29 is 19.1 Å². The Labute approximate surface area is 159 Å². The molecule has 2 aromatic carbocycles. The summed E-state index contributed by atoms with van der Waals surface area (Å²) in [6.45, 7) is 5.55. The molecule has 0 saturated heterocycles. The van der Waals surface area contributed by atoms with E-state index in [1.807, 2.05) is 31.2 Å². The van der Waals surface area contributed by atoms with Gasteiger partial charge in [-0.1, -0.05) is 25.5 Å². The van der Waals surface area contributed by atoms with Crippen molar-refractivity contribution in [2.45, 2.75) is 33.2 Å². The van der Waals surface area contributed by atoms with Gasteiger partial charge in [-0.15, -0.1) is 0 Å². The maximum absolute atomic E-state index is 12.0. The molecule has 6 heteroatoms. The van der Waals surface area contributed by atoms with Crippen molar-refractivity contribution in [1.29, 1.82) is 0 Å². The van der Waals surface area contributed by atoms with E-state index >= 15 is 0 Å². The lowest BCUT2D eigenvalue weighted by atomic mass is 10.2. The van der Waals surface area contributed by atoms with Gasteiger partial charge in [0, 0.05) is 12.2 Å². The highest BCUT2D eigenvalue weighted by Crippen LogP contribution is 2.16. The molecule has 0 radical (unpaired) electrons. The molecule has 27 heavy (non-hydrogen) atoms. The van der Waals surface area contributed by atoms with Crippen LogP contribution < -0.4 is 20.1 Å². The van der Waals surface area contributed by atoms with Gasteiger partial charge >= 0.3 is 11.8 Å². The lowest BCUT2D eigenvalue weighted by Crippen LogP contribution is -2.34. The van der Waals surface area contributed by atoms with Crippen molar-refractivity contribution in [3.63, 3.8) is 0 Å². The number of hydrogen-bond acceptors (Lipinski definition) is 4. The number of amides is 2. The van der Waals surface area contributed by atoms with Gasteiger partial charge in [0.15, 0.2) is 0 Å². The third-order valence-corrected chi connectivity index (χ3v) is 3.77. The Kier molecular flexibility index (Phi) is 8.16. The van der Waals surface area contributed by atoms with E-state index < -0.39 is 11.8 Å². The Morgan fingerprint density at radius 1 is 0.852 bits per heavy atom. The van der Waals surface area contributed by atoms with E-state index in [9.17, 15) is 9.59 Å². The number of hydrogen-bond donors (Lipinski definition) is 2.